The molecule has 4 aromatic rings. The van der Waals surface area contributed by atoms with E-state index in [2.05, 4.69) is 21.4 Å². The highest BCUT2D eigenvalue weighted by atomic mass is 16.5. The van der Waals surface area contributed by atoms with Crippen LogP contribution in [0, 0.1) is 24.2 Å². The molecule has 8 heteroatoms. The fourth-order valence-electron chi connectivity index (χ4n) is 3.53. The first kappa shape index (κ1) is 16.3. The number of carbonyl (C=O) groups is 1. The van der Waals surface area contributed by atoms with Gasteiger partial charge in [-0.25, -0.2) is 4.52 Å². The van der Waals surface area contributed by atoms with Crippen LogP contribution in [0.3, 0.4) is 0 Å². The van der Waals surface area contributed by atoms with Gasteiger partial charge in [-0.3, -0.25) is 9.89 Å². The number of nitrogens with one attached hydrogen (secondary N) is 1. The van der Waals surface area contributed by atoms with Crippen molar-refractivity contribution in [2.24, 2.45) is 5.92 Å². The van der Waals surface area contributed by atoms with Gasteiger partial charge in [0.05, 0.1) is 35.5 Å². The van der Waals surface area contributed by atoms with E-state index in [1.54, 1.807) is 34.1 Å². The Morgan fingerprint density at radius 1 is 1.36 bits per heavy atom. The zero-order chi connectivity index (χ0) is 19.3. The van der Waals surface area contributed by atoms with Crippen LogP contribution in [0.25, 0.3) is 16.4 Å². The van der Waals surface area contributed by atoms with Gasteiger partial charge in [-0.1, -0.05) is 0 Å². The molecule has 138 valence electrons. The summed E-state index contributed by atoms with van der Waals surface area (Å²) in [7, 11) is 0. The summed E-state index contributed by atoms with van der Waals surface area (Å²) >= 11 is 0. The Hall–Kier alpha value is -3.86. The molecule has 0 radical (unpaired) electrons. The number of rotatable bonds is 3. The number of aryl methyl sites for hydroxylation is 1. The second-order valence-corrected chi connectivity index (χ2v) is 6.91. The summed E-state index contributed by atoms with van der Waals surface area (Å²) in [4.78, 5) is 14.5. The first-order valence-corrected chi connectivity index (χ1v) is 8.91. The van der Waals surface area contributed by atoms with Gasteiger partial charge in [0.1, 0.15) is 11.3 Å². The molecule has 1 N–H and O–H groups in total. The Balaban J connectivity index is 1.50. The molecule has 1 aromatic carbocycles. The molecule has 0 spiro atoms. The Morgan fingerprint density at radius 3 is 3.04 bits per heavy atom. The van der Waals surface area contributed by atoms with Crippen molar-refractivity contribution in [3.05, 3.63) is 54.0 Å². The predicted octanol–water partition coefficient (Wildman–Crippen LogP) is 2.91. The van der Waals surface area contributed by atoms with E-state index in [1.165, 1.54) is 0 Å². The van der Waals surface area contributed by atoms with Gasteiger partial charge in [0.2, 0.25) is 0 Å². The molecular weight excluding hydrogens is 356 g/mol. The highest BCUT2D eigenvalue weighted by Gasteiger charge is 2.32. The van der Waals surface area contributed by atoms with Gasteiger partial charge in [-0.15, -0.1) is 0 Å². The van der Waals surface area contributed by atoms with E-state index in [1.807, 2.05) is 25.1 Å². The third-order valence-electron chi connectivity index (χ3n) is 5.11. The summed E-state index contributed by atoms with van der Waals surface area (Å²) in [6.45, 7) is 2.84. The maximum absolute atomic E-state index is 12.8. The van der Waals surface area contributed by atoms with Crippen molar-refractivity contribution in [2.75, 3.05) is 13.1 Å². The van der Waals surface area contributed by atoms with Crippen LogP contribution in [0.15, 0.2) is 42.9 Å². The van der Waals surface area contributed by atoms with Crippen molar-refractivity contribution in [1.82, 2.24) is 24.7 Å². The molecule has 3 aromatic heterocycles. The maximum Gasteiger partial charge on any atom is 0.255 e. The van der Waals surface area contributed by atoms with E-state index in [-0.39, 0.29) is 11.8 Å². The number of fused-ring (bicyclic) bond motifs is 2. The van der Waals surface area contributed by atoms with Crippen molar-refractivity contribution in [3.63, 3.8) is 0 Å². The molecule has 0 atom stereocenters. The second-order valence-electron chi connectivity index (χ2n) is 6.91. The van der Waals surface area contributed by atoms with Crippen LogP contribution in [0.2, 0.25) is 0 Å². The van der Waals surface area contributed by atoms with E-state index < -0.39 is 0 Å². The van der Waals surface area contributed by atoms with Gasteiger partial charge in [0.25, 0.3) is 5.91 Å². The first-order valence-electron chi connectivity index (χ1n) is 8.91. The molecule has 8 nitrogen and oxygen atoms in total. The molecule has 0 bridgehead atoms. The molecule has 0 unspecified atom stereocenters. The van der Waals surface area contributed by atoms with Crippen LogP contribution in [0.4, 0.5) is 0 Å². The Morgan fingerprint density at radius 2 is 2.21 bits per heavy atom. The number of aromatic amines is 1. The number of carbonyl (C=O) groups excluding carboxylic acids is 1. The smallest absolute Gasteiger partial charge is 0.255 e. The lowest BCUT2D eigenvalue weighted by molar-refractivity contribution is 0.0576. The SMILES string of the molecule is Cc1c(C(=O)N2CC(C#N)C2)cn2nccc(Oc3ccc4[nH]ncc4c3)c12. The van der Waals surface area contributed by atoms with Crippen LogP contribution in [-0.4, -0.2) is 43.7 Å². The molecule has 0 saturated carbocycles. The fourth-order valence-corrected chi connectivity index (χ4v) is 3.53. The predicted molar refractivity (Wildman–Crippen MR) is 101 cm³/mol. The van der Waals surface area contributed by atoms with Gasteiger partial charge in [0.15, 0.2) is 5.75 Å². The number of nitriles is 1. The molecular formula is C20H16N6O2. The van der Waals surface area contributed by atoms with Gasteiger partial charge < -0.3 is 9.64 Å². The second kappa shape index (κ2) is 6.09. The number of amides is 1. The standard InChI is InChI=1S/C20H16N6O2/c1-12-16(20(27)25-9-13(7-21)10-25)11-26-19(12)18(4-5-23-26)28-15-2-3-17-14(6-15)8-22-24-17/h2-6,8,11,13H,9-10H2,1H3,(H,22,24). The Bertz CT molecular complexity index is 1260. The zero-order valence-electron chi connectivity index (χ0n) is 15.1. The number of ether oxygens (including phenoxy) is 1. The number of benzene rings is 1. The third kappa shape index (κ3) is 2.48. The summed E-state index contributed by atoms with van der Waals surface area (Å²) in [6.07, 6.45) is 5.10. The number of aromatic nitrogens is 4. The summed E-state index contributed by atoms with van der Waals surface area (Å²) in [6, 6.07) is 9.65. The molecule has 0 aliphatic carbocycles. The molecule has 1 aliphatic rings. The topological polar surface area (TPSA) is 99.3 Å². The quantitative estimate of drug-likeness (QED) is 0.596. The van der Waals surface area contributed by atoms with E-state index in [0.29, 0.717) is 30.2 Å². The molecule has 5 rings (SSSR count). The van der Waals surface area contributed by atoms with Crippen molar-refractivity contribution < 1.29 is 9.53 Å². The number of likely N-dealkylation sites (tertiary alicyclic amines) is 1. The Kier molecular flexibility index (Phi) is 3.55. The maximum atomic E-state index is 12.8. The lowest BCUT2D eigenvalue weighted by Gasteiger charge is -2.35. The van der Waals surface area contributed by atoms with E-state index in [4.69, 9.17) is 10.00 Å². The van der Waals surface area contributed by atoms with Crippen LogP contribution in [0.1, 0.15) is 15.9 Å². The van der Waals surface area contributed by atoms with E-state index in [9.17, 15) is 4.79 Å². The number of hydrogen-bond donors (Lipinski definition) is 1. The van der Waals surface area contributed by atoms with Crippen LogP contribution < -0.4 is 4.74 Å². The van der Waals surface area contributed by atoms with Crippen molar-refractivity contribution in [1.29, 1.82) is 5.26 Å². The Labute approximate surface area is 159 Å². The number of H-pyrrole nitrogens is 1. The van der Waals surface area contributed by atoms with Crippen LogP contribution in [-0.2, 0) is 0 Å². The van der Waals surface area contributed by atoms with Crippen LogP contribution >= 0.6 is 0 Å². The normalized spacial score (nSPS) is 14.2. The monoisotopic (exact) mass is 372 g/mol. The molecule has 4 heterocycles. The van der Waals surface area contributed by atoms with E-state index >= 15 is 0 Å². The largest absolute Gasteiger partial charge is 0.455 e. The minimum Gasteiger partial charge on any atom is -0.455 e. The van der Waals surface area contributed by atoms with Crippen molar-refractivity contribution in [3.8, 4) is 17.6 Å². The first-order chi connectivity index (χ1) is 13.6. The summed E-state index contributed by atoms with van der Waals surface area (Å²) in [5.74, 6) is 1.14. The van der Waals surface area contributed by atoms with Crippen molar-refractivity contribution in [2.45, 2.75) is 6.92 Å². The minimum absolute atomic E-state index is 0.0730. The molecule has 1 amide bonds. The van der Waals surface area contributed by atoms with Gasteiger partial charge in [-0.2, -0.15) is 15.5 Å². The van der Waals surface area contributed by atoms with Crippen LogP contribution in [0.5, 0.6) is 11.5 Å². The van der Waals surface area contributed by atoms with E-state index in [0.717, 1.165) is 22.0 Å². The highest BCUT2D eigenvalue weighted by Crippen LogP contribution is 2.32. The number of hydrogen-bond acceptors (Lipinski definition) is 5. The third-order valence-corrected chi connectivity index (χ3v) is 5.11. The summed E-state index contributed by atoms with van der Waals surface area (Å²) in [5.41, 5.74) is 3.06. The lowest BCUT2D eigenvalue weighted by Crippen LogP contribution is -2.49. The molecule has 28 heavy (non-hydrogen) atoms. The molecule has 1 fully saturated rings. The fraction of sp³-hybridized carbons (Fsp3) is 0.200. The highest BCUT2D eigenvalue weighted by molar-refractivity contribution is 5.99. The van der Waals surface area contributed by atoms with Gasteiger partial charge in [0, 0.05) is 30.7 Å². The van der Waals surface area contributed by atoms with Gasteiger partial charge >= 0.3 is 0 Å². The average molecular weight is 372 g/mol. The minimum atomic E-state index is -0.0831. The van der Waals surface area contributed by atoms with Gasteiger partial charge in [-0.05, 0) is 30.7 Å². The summed E-state index contributed by atoms with van der Waals surface area (Å²) in [5, 5.41) is 21.1. The summed E-state index contributed by atoms with van der Waals surface area (Å²) < 4.78 is 7.77. The zero-order valence-corrected chi connectivity index (χ0v) is 15.1. The van der Waals surface area contributed by atoms with Crippen molar-refractivity contribution >= 4 is 22.3 Å². The molecule has 1 saturated heterocycles. The number of nitrogens with zero attached hydrogens (tertiary/aromatic N) is 5. The lowest BCUT2D eigenvalue weighted by atomic mass is 10.0. The average Bonchev–Trinajstić information content (AvgIpc) is 3.25. The molecule has 1 aliphatic heterocycles.